The Morgan fingerprint density at radius 2 is 0.738 bits per heavy atom. The Kier molecular flexibility index (Phi) is 30.3. The van der Waals surface area contributed by atoms with Crippen LogP contribution in [0, 0.1) is 23.7 Å². The van der Waals surface area contributed by atoms with Crippen molar-refractivity contribution in [3.63, 3.8) is 0 Å². The van der Waals surface area contributed by atoms with Gasteiger partial charge in [-0.15, -0.1) is 0 Å². The van der Waals surface area contributed by atoms with E-state index in [-0.39, 0.29) is 82.9 Å². The number of halogens is 2. The normalized spacial score (nSPS) is 24.5. The number of hydrazine groups is 4. The maximum Gasteiger partial charge on any atom is 0.240 e. The molecule has 4 aromatic carbocycles. The molecule has 0 aliphatic carbocycles. The lowest BCUT2D eigenvalue weighted by Crippen LogP contribution is -2.57. The second kappa shape index (κ2) is 38.3. The van der Waals surface area contributed by atoms with Gasteiger partial charge in [0, 0.05) is 107 Å². The highest BCUT2D eigenvalue weighted by atomic mass is 35.5. The summed E-state index contributed by atoms with van der Waals surface area (Å²) in [4.78, 5) is 52.2. The van der Waals surface area contributed by atoms with Gasteiger partial charge in [-0.1, -0.05) is 131 Å². The predicted molar refractivity (Wildman–Crippen MR) is 407 cm³/mol. The fourth-order valence-corrected chi connectivity index (χ4v) is 18.9. The number of aliphatic hydroxyl groups excluding tert-OH is 1. The molecule has 8 fully saturated rings. The summed E-state index contributed by atoms with van der Waals surface area (Å²) in [6, 6.07) is 31.0. The molecule has 103 heavy (non-hydrogen) atoms. The molecular weight excluding hydrogens is 1340 g/mol. The number of rotatable bonds is 28. The van der Waals surface area contributed by atoms with Crippen LogP contribution in [0.3, 0.4) is 0 Å². The van der Waals surface area contributed by atoms with Crippen LogP contribution in [0.2, 0.25) is 10.0 Å². The van der Waals surface area contributed by atoms with Gasteiger partial charge < -0.3 is 33.5 Å². The lowest BCUT2D eigenvalue weighted by Gasteiger charge is -2.44. The van der Waals surface area contributed by atoms with Crippen LogP contribution in [0.5, 0.6) is 17.2 Å². The molecule has 4 amide bonds. The molecule has 0 spiro atoms. The van der Waals surface area contributed by atoms with Crippen LogP contribution in [0.1, 0.15) is 179 Å². The number of amides is 4. The zero-order valence-corrected chi connectivity index (χ0v) is 65.6. The minimum atomic E-state index is -0.203. The first-order chi connectivity index (χ1) is 49.9. The number of methoxy groups -OCH3 is 6. The van der Waals surface area contributed by atoms with Crippen molar-refractivity contribution >= 4 is 46.8 Å². The van der Waals surface area contributed by atoms with Crippen LogP contribution < -0.4 is 14.2 Å². The summed E-state index contributed by atoms with van der Waals surface area (Å²) in [5, 5.41) is 27.6. The van der Waals surface area contributed by atoms with E-state index in [2.05, 4.69) is 98.0 Å². The van der Waals surface area contributed by atoms with Crippen LogP contribution in [0.4, 0.5) is 0 Å². The van der Waals surface area contributed by atoms with E-state index in [0.717, 1.165) is 192 Å². The highest BCUT2D eigenvalue weighted by Gasteiger charge is 2.51. The lowest BCUT2D eigenvalue weighted by molar-refractivity contribution is -0.163. The Morgan fingerprint density at radius 3 is 1.07 bits per heavy atom. The highest BCUT2D eigenvalue weighted by Crippen LogP contribution is 2.44. The smallest absolute Gasteiger partial charge is 0.240 e. The van der Waals surface area contributed by atoms with Gasteiger partial charge in [-0.25, -0.2) is 20.0 Å². The maximum atomic E-state index is 13.4. The van der Waals surface area contributed by atoms with Gasteiger partial charge in [0.2, 0.25) is 29.4 Å². The molecule has 19 nitrogen and oxygen atoms in total. The third-order valence-corrected chi connectivity index (χ3v) is 25.2. The first kappa shape index (κ1) is 81.5. The molecule has 8 aliphatic rings. The van der Waals surface area contributed by atoms with Gasteiger partial charge in [0.15, 0.2) is 11.5 Å². The molecule has 570 valence electrons. The standard InChI is InChI=1S/C24H38N2O5.C21H30Cl2N2O2.C21H32N2O2.C16H22N2O2/c1-7-24(8-2,31-6)21-10-9-12-25(21)26-13-11-18(23(26)27)14-17-15-19(28-3)22(30-5)20(16-17)29-4;1-4-21(5-2,27-3)19-7-6-11-24(19)25-12-10-16(20(25)26)13-15-8-9-17(22)14-18(15)23;1-4-21(5-2,25-3)19-12-9-14-22(19)23-15-13-18(20(23)24)16-17-10-7-6-8-11-17;19-12-15-7-4-9-17(15)18-10-8-14(16(18)20)11-13-5-2-1-3-6-13/h15-16,18,21H,7-14H2,1-6H3;8-9,14,16,19H,4-7,10-13H2,1-3H3;6-8,10-11,18-19H,4-5,9,12-16H2,1-3H3;1-3,5-6,14-15,19H,4,7-12H2. The second-order valence-corrected chi connectivity index (χ2v) is 30.2. The summed E-state index contributed by atoms with van der Waals surface area (Å²) in [6.45, 7) is 20.2. The van der Waals surface area contributed by atoms with E-state index in [1.807, 2.05) is 82.8 Å². The van der Waals surface area contributed by atoms with E-state index in [9.17, 15) is 24.3 Å². The average molecular weight is 1470 g/mol. The number of hydrogen-bond acceptors (Lipinski definition) is 15. The Hall–Kier alpha value is -5.58. The lowest BCUT2D eigenvalue weighted by atomic mass is 9.87. The quantitative estimate of drug-likeness (QED) is 0.0569. The first-order valence-corrected chi connectivity index (χ1v) is 39.5. The molecule has 8 aliphatic heterocycles. The van der Waals surface area contributed by atoms with Gasteiger partial charge in [-0.05, 0) is 188 Å². The fraction of sp³-hybridized carbons (Fsp3) is 0.659. The summed E-state index contributed by atoms with van der Waals surface area (Å²) in [5.74, 6) is 2.90. The molecule has 4 aromatic rings. The van der Waals surface area contributed by atoms with Crippen LogP contribution in [0.25, 0.3) is 0 Å². The average Bonchev–Trinajstić information content (AvgIpc) is 1.66. The van der Waals surface area contributed by atoms with E-state index in [1.165, 1.54) is 11.1 Å². The molecular formula is C82H122Cl2N8O11. The molecule has 8 atom stereocenters. The van der Waals surface area contributed by atoms with E-state index in [1.54, 1.807) is 34.5 Å². The summed E-state index contributed by atoms with van der Waals surface area (Å²) in [7, 11) is 10.3. The highest BCUT2D eigenvalue weighted by molar-refractivity contribution is 6.35. The van der Waals surface area contributed by atoms with Crippen LogP contribution >= 0.6 is 23.2 Å². The van der Waals surface area contributed by atoms with E-state index in [0.29, 0.717) is 52.1 Å². The van der Waals surface area contributed by atoms with E-state index in [4.69, 9.17) is 51.6 Å². The number of nitrogens with zero attached hydrogens (tertiary/aromatic N) is 8. The van der Waals surface area contributed by atoms with Crippen LogP contribution in [-0.2, 0) is 59.1 Å². The summed E-state index contributed by atoms with van der Waals surface area (Å²) in [5.41, 5.74) is 3.96. The Labute approximate surface area is 625 Å². The van der Waals surface area contributed by atoms with Crippen molar-refractivity contribution in [2.75, 3.05) is 102 Å². The molecule has 0 bridgehead atoms. The summed E-state index contributed by atoms with van der Waals surface area (Å²) in [6.07, 6.45) is 21.0. The van der Waals surface area contributed by atoms with Crippen molar-refractivity contribution in [3.05, 3.63) is 123 Å². The third-order valence-electron chi connectivity index (χ3n) is 24.6. The molecule has 8 saturated heterocycles. The van der Waals surface area contributed by atoms with Gasteiger partial charge in [0.1, 0.15) is 0 Å². The van der Waals surface area contributed by atoms with Crippen molar-refractivity contribution in [2.45, 2.75) is 224 Å². The number of aliphatic hydroxyl groups is 1. The van der Waals surface area contributed by atoms with Gasteiger partial charge in [0.05, 0.1) is 68.9 Å². The Bertz CT molecular complexity index is 3290. The second-order valence-electron chi connectivity index (χ2n) is 29.4. The molecule has 12 rings (SSSR count). The van der Waals surface area contributed by atoms with Crippen LogP contribution in [0.15, 0.2) is 91.0 Å². The molecule has 21 heteroatoms. The van der Waals surface area contributed by atoms with Gasteiger partial charge >= 0.3 is 0 Å². The topological polar surface area (TPSA) is 170 Å². The Balaban J connectivity index is 0.000000161. The summed E-state index contributed by atoms with van der Waals surface area (Å²) >= 11 is 12.3. The largest absolute Gasteiger partial charge is 0.493 e. The SMILES string of the molecule is CCC(CC)(OC)C1CCCN1N1CCC(Cc2cc(OC)c(OC)c(OC)c2)C1=O.CCC(CC)(OC)C1CCCN1N1CCC(Cc2ccc(Cl)cc2Cl)C1=O.CCC(CC)(OC)C1CCCN1N1CCC(Cc2ccccc2)C1=O.O=C1C(Cc2ccccc2)CCN1N1CCCC1CO. The fourth-order valence-electron chi connectivity index (χ4n) is 18.4. The zero-order chi connectivity index (χ0) is 74.0. The van der Waals surface area contributed by atoms with Crippen molar-refractivity contribution in [1.82, 2.24) is 40.1 Å². The molecule has 8 heterocycles. The molecule has 0 saturated carbocycles. The first-order valence-electron chi connectivity index (χ1n) is 38.8. The maximum absolute atomic E-state index is 13.4. The monoisotopic (exact) mass is 1460 g/mol. The predicted octanol–water partition coefficient (Wildman–Crippen LogP) is 13.8. The zero-order valence-electron chi connectivity index (χ0n) is 64.1. The van der Waals surface area contributed by atoms with Gasteiger partial charge in [-0.2, -0.15) is 0 Å². The van der Waals surface area contributed by atoms with Gasteiger partial charge in [-0.3, -0.25) is 39.2 Å². The minimum absolute atomic E-state index is 0.0230. The number of hydrogen-bond donors (Lipinski definition) is 1. The van der Waals surface area contributed by atoms with Crippen molar-refractivity contribution in [2.24, 2.45) is 23.7 Å². The number of benzene rings is 4. The number of ether oxygens (including phenoxy) is 6. The third kappa shape index (κ3) is 18.4. The van der Waals surface area contributed by atoms with Crippen molar-refractivity contribution in [3.8, 4) is 17.2 Å². The summed E-state index contributed by atoms with van der Waals surface area (Å²) < 4.78 is 34.4. The minimum Gasteiger partial charge on any atom is -0.493 e. The number of carbonyl (C=O) groups excluding carboxylic acids is 4. The van der Waals surface area contributed by atoms with Crippen molar-refractivity contribution < 1.29 is 52.7 Å². The van der Waals surface area contributed by atoms with E-state index >= 15 is 0 Å². The molecule has 0 aromatic heterocycles. The van der Waals surface area contributed by atoms with Crippen LogP contribution in [-0.4, -0.2) is 211 Å². The van der Waals surface area contributed by atoms with Crippen molar-refractivity contribution in [1.29, 1.82) is 0 Å². The van der Waals surface area contributed by atoms with E-state index < -0.39 is 0 Å². The molecule has 0 radical (unpaired) electrons. The Morgan fingerprint density at radius 1 is 0.398 bits per heavy atom. The van der Waals surface area contributed by atoms with Gasteiger partial charge in [0.25, 0.3) is 0 Å². The molecule has 8 unspecified atom stereocenters. The molecule has 1 N–H and O–H groups in total. The number of carbonyl (C=O) groups is 4.